The van der Waals surface area contributed by atoms with Gasteiger partial charge in [0, 0.05) is 38.2 Å². The Morgan fingerprint density at radius 3 is 2.28 bits per heavy atom. The van der Waals surface area contributed by atoms with Crippen LogP contribution in [0.25, 0.3) is 11.1 Å². The largest absolute Gasteiger partial charge is 0.441 e. The van der Waals surface area contributed by atoms with E-state index in [1.807, 2.05) is 49.4 Å². The molecule has 0 radical (unpaired) electrons. The molecule has 0 atom stereocenters. The molecule has 36 heavy (non-hydrogen) atoms. The molecular weight excluding hydrogens is 466 g/mol. The fourth-order valence-corrected chi connectivity index (χ4v) is 4.88. The zero-order valence-corrected chi connectivity index (χ0v) is 19.9. The predicted molar refractivity (Wildman–Crippen MR) is 129 cm³/mol. The monoisotopic (exact) mass is 492 g/mol. The number of hydrogen-bond donors (Lipinski definition) is 0. The minimum absolute atomic E-state index is 0.250. The average molecular weight is 493 g/mol. The van der Waals surface area contributed by atoms with Crippen LogP contribution < -0.4 is 4.90 Å². The number of nitrogens with zero attached hydrogens (tertiary/aromatic N) is 2. The number of halogens is 2. The number of benzene rings is 3. The molecule has 1 spiro atoms. The van der Waals surface area contributed by atoms with Crippen molar-refractivity contribution in [2.24, 2.45) is 0 Å². The van der Waals surface area contributed by atoms with E-state index in [4.69, 9.17) is 14.3 Å². The maximum atomic E-state index is 13.6. The van der Waals surface area contributed by atoms with Crippen molar-refractivity contribution in [1.82, 2.24) is 4.90 Å². The highest BCUT2D eigenvalue weighted by Crippen LogP contribution is 2.36. The third kappa shape index (κ3) is 5.51. The van der Waals surface area contributed by atoms with E-state index in [0.717, 1.165) is 55.4 Å². The Morgan fingerprint density at radius 1 is 0.944 bits per heavy atom. The first kappa shape index (κ1) is 25.2. The van der Waals surface area contributed by atoms with Crippen molar-refractivity contribution >= 4 is 17.9 Å². The molecule has 5 rings (SSSR count). The first-order valence-electron chi connectivity index (χ1n) is 11.7. The molecule has 186 valence electrons. The molecular formula is C28H26F2N2O4. The van der Waals surface area contributed by atoms with E-state index < -0.39 is 17.2 Å². The van der Waals surface area contributed by atoms with E-state index in [2.05, 4.69) is 11.0 Å². The van der Waals surface area contributed by atoms with Gasteiger partial charge in [-0.3, -0.25) is 9.80 Å². The van der Waals surface area contributed by atoms with Gasteiger partial charge in [-0.05, 0) is 53.4 Å². The molecule has 0 bridgehead atoms. The number of piperidine rings is 1. The molecule has 2 aliphatic heterocycles. The number of hydrogen-bond acceptors (Lipinski definition) is 5. The van der Waals surface area contributed by atoms with E-state index in [1.54, 1.807) is 11.0 Å². The van der Waals surface area contributed by atoms with Gasteiger partial charge >= 0.3 is 12.2 Å². The quantitative estimate of drug-likeness (QED) is 0.491. The van der Waals surface area contributed by atoms with E-state index in [9.17, 15) is 13.6 Å². The van der Waals surface area contributed by atoms with Gasteiger partial charge in [0.25, 0.3) is 0 Å². The summed E-state index contributed by atoms with van der Waals surface area (Å²) < 4.78 is 32.8. The number of rotatable bonds is 4. The van der Waals surface area contributed by atoms with Gasteiger partial charge in [-0.1, -0.05) is 42.5 Å². The third-order valence-electron chi connectivity index (χ3n) is 6.73. The van der Waals surface area contributed by atoms with Gasteiger partial charge < -0.3 is 4.74 Å². The van der Waals surface area contributed by atoms with Crippen LogP contribution in [0.2, 0.25) is 0 Å². The van der Waals surface area contributed by atoms with Crippen LogP contribution in [0.5, 0.6) is 0 Å². The SMILES string of the molecule is Cc1cc(CN2CCC3(CC2)CN(c2ccccc2)C(=O)O3)ccc1-c1ccc(F)c(F)c1.O=C=O. The van der Waals surface area contributed by atoms with Gasteiger partial charge in [0.05, 0.1) is 6.54 Å². The Bertz CT molecular complexity index is 1270. The number of likely N-dealkylation sites (tertiary alicyclic amines) is 1. The molecule has 2 saturated heterocycles. The van der Waals surface area contributed by atoms with E-state index in [1.165, 1.54) is 11.6 Å². The summed E-state index contributed by atoms with van der Waals surface area (Å²) in [6, 6.07) is 19.8. The maximum absolute atomic E-state index is 13.6. The standard InChI is InChI=1S/C27H26F2N2O2.CO2/c1-19-15-20(7-9-23(19)21-8-10-24(28)25(29)16-21)17-30-13-11-27(12-14-30)18-31(26(32)33-27)22-5-3-2-4-6-22;2-1-3/h2-10,15-16H,11-14,17-18H2,1H3;. The number of ether oxygens (including phenoxy) is 1. The highest BCUT2D eigenvalue weighted by molar-refractivity contribution is 5.90. The van der Waals surface area contributed by atoms with E-state index in [-0.39, 0.29) is 12.2 Å². The van der Waals surface area contributed by atoms with Crippen LogP contribution in [0.15, 0.2) is 66.7 Å². The molecule has 2 heterocycles. The van der Waals surface area contributed by atoms with Gasteiger partial charge in [-0.15, -0.1) is 0 Å². The molecule has 2 aliphatic rings. The molecule has 6 nitrogen and oxygen atoms in total. The Hall–Kier alpha value is -3.87. The van der Waals surface area contributed by atoms with Crippen LogP contribution in [0.3, 0.4) is 0 Å². The summed E-state index contributed by atoms with van der Waals surface area (Å²) in [5, 5.41) is 0. The minimum Gasteiger partial charge on any atom is -0.441 e. The van der Waals surface area contributed by atoms with Crippen molar-refractivity contribution in [3.63, 3.8) is 0 Å². The van der Waals surface area contributed by atoms with Gasteiger partial charge in [0.15, 0.2) is 11.6 Å². The molecule has 0 aromatic heterocycles. The first-order chi connectivity index (χ1) is 17.3. The van der Waals surface area contributed by atoms with Gasteiger partial charge in [0.2, 0.25) is 0 Å². The third-order valence-corrected chi connectivity index (χ3v) is 6.73. The van der Waals surface area contributed by atoms with Crippen LogP contribution in [-0.2, 0) is 20.9 Å². The second-order valence-electron chi connectivity index (χ2n) is 9.11. The van der Waals surface area contributed by atoms with Crippen molar-refractivity contribution in [3.05, 3.63) is 89.5 Å². The van der Waals surface area contributed by atoms with Gasteiger partial charge in [-0.2, -0.15) is 9.59 Å². The minimum atomic E-state index is -0.837. The highest BCUT2D eigenvalue weighted by Gasteiger charge is 2.47. The van der Waals surface area contributed by atoms with Crippen molar-refractivity contribution in [3.8, 4) is 11.1 Å². The molecule has 1 amide bonds. The molecule has 2 fully saturated rings. The summed E-state index contributed by atoms with van der Waals surface area (Å²) in [6.07, 6.45) is 1.58. The lowest BCUT2D eigenvalue weighted by Crippen LogP contribution is -2.46. The fourth-order valence-electron chi connectivity index (χ4n) is 4.88. The van der Waals surface area contributed by atoms with E-state index in [0.29, 0.717) is 12.1 Å². The maximum Gasteiger partial charge on any atom is 0.415 e. The Balaban J connectivity index is 0.000000967. The lowest BCUT2D eigenvalue weighted by molar-refractivity contribution is -0.191. The Labute approximate surface area is 208 Å². The number of carbonyl (C=O) groups excluding carboxylic acids is 3. The lowest BCUT2D eigenvalue weighted by atomic mass is 9.90. The lowest BCUT2D eigenvalue weighted by Gasteiger charge is -2.37. The zero-order valence-electron chi connectivity index (χ0n) is 19.9. The Kier molecular flexibility index (Phi) is 7.58. The predicted octanol–water partition coefficient (Wildman–Crippen LogP) is 5.35. The Morgan fingerprint density at radius 2 is 1.64 bits per heavy atom. The first-order valence-corrected chi connectivity index (χ1v) is 11.7. The second kappa shape index (κ2) is 10.8. The number of amides is 1. The number of para-hydroxylation sites is 1. The molecule has 8 heteroatoms. The summed E-state index contributed by atoms with van der Waals surface area (Å²) in [5.74, 6) is -1.67. The molecule has 3 aromatic carbocycles. The van der Waals surface area contributed by atoms with Crippen molar-refractivity contribution < 1.29 is 27.9 Å². The summed E-state index contributed by atoms with van der Waals surface area (Å²) >= 11 is 0. The average Bonchev–Trinajstić information content (AvgIpc) is 3.19. The number of aryl methyl sites for hydroxylation is 1. The molecule has 0 N–H and O–H groups in total. The molecule has 0 unspecified atom stereocenters. The smallest absolute Gasteiger partial charge is 0.415 e. The highest BCUT2D eigenvalue weighted by atomic mass is 19.2. The second-order valence-corrected chi connectivity index (χ2v) is 9.11. The van der Waals surface area contributed by atoms with Crippen molar-refractivity contribution in [2.75, 3.05) is 24.5 Å². The molecule has 3 aromatic rings. The van der Waals surface area contributed by atoms with Crippen LogP contribution in [0.4, 0.5) is 19.3 Å². The molecule has 0 aliphatic carbocycles. The summed E-state index contributed by atoms with van der Waals surface area (Å²) in [4.78, 5) is 32.8. The van der Waals surface area contributed by atoms with Crippen LogP contribution in [0.1, 0.15) is 24.0 Å². The van der Waals surface area contributed by atoms with E-state index >= 15 is 0 Å². The summed E-state index contributed by atoms with van der Waals surface area (Å²) in [6.45, 7) is 5.07. The summed E-state index contributed by atoms with van der Waals surface area (Å²) in [7, 11) is 0. The van der Waals surface area contributed by atoms with Crippen LogP contribution >= 0.6 is 0 Å². The van der Waals surface area contributed by atoms with Crippen LogP contribution in [-0.4, -0.2) is 42.4 Å². The van der Waals surface area contributed by atoms with Gasteiger partial charge in [0.1, 0.15) is 5.60 Å². The number of anilines is 1. The zero-order chi connectivity index (χ0) is 25.7. The fraction of sp³-hybridized carbons (Fsp3) is 0.286. The summed E-state index contributed by atoms with van der Waals surface area (Å²) in [5.41, 5.74) is 4.21. The molecule has 0 saturated carbocycles. The van der Waals surface area contributed by atoms with Crippen molar-refractivity contribution in [1.29, 1.82) is 0 Å². The van der Waals surface area contributed by atoms with Crippen LogP contribution in [0, 0.1) is 18.6 Å². The van der Waals surface area contributed by atoms with Crippen molar-refractivity contribution in [2.45, 2.75) is 31.9 Å². The topological polar surface area (TPSA) is 66.9 Å². The normalized spacial score (nSPS) is 16.8. The van der Waals surface area contributed by atoms with Gasteiger partial charge in [-0.25, -0.2) is 13.6 Å². The number of carbonyl (C=O) groups is 1.